The van der Waals surface area contributed by atoms with Crippen LogP contribution in [0.2, 0.25) is 0 Å². The van der Waals surface area contributed by atoms with E-state index in [0.29, 0.717) is 25.2 Å². The van der Waals surface area contributed by atoms with Gasteiger partial charge in [-0.2, -0.15) is 13.2 Å². The highest BCUT2D eigenvalue weighted by Gasteiger charge is 2.34. The number of aromatic nitrogens is 2. The van der Waals surface area contributed by atoms with E-state index in [1.54, 1.807) is 30.1 Å². The smallest absolute Gasteiger partial charge is 0.344 e. The number of fused-ring (bicyclic) bond motifs is 1. The lowest BCUT2D eigenvalue weighted by Gasteiger charge is -2.23. The fourth-order valence-electron chi connectivity index (χ4n) is 4.92. The molecule has 0 spiro atoms. The van der Waals surface area contributed by atoms with Crippen LogP contribution in [0.1, 0.15) is 50.4 Å². The Morgan fingerprint density at radius 3 is 2.62 bits per heavy atom. The van der Waals surface area contributed by atoms with E-state index >= 15 is 0 Å². The Balaban J connectivity index is 1.36. The molecule has 0 saturated carbocycles. The molecule has 42 heavy (non-hydrogen) atoms. The van der Waals surface area contributed by atoms with Crippen molar-refractivity contribution in [1.29, 1.82) is 0 Å². The monoisotopic (exact) mass is 573 g/mol. The second kappa shape index (κ2) is 11.7. The van der Waals surface area contributed by atoms with Gasteiger partial charge in [0.15, 0.2) is 0 Å². The third kappa shape index (κ3) is 6.31. The molecule has 2 aromatic heterocycles. The molecule has 0 aliphatic carbocycles. The number of nitrogens with zero attached hydrogens (tertiary/aromatic N) is 4. The predicted molar refractivity (Wildman–Crippen MR) is 154 cm³/mol. The number of rotatable bonds is 4. The number of halogens is 3. The highest BCUT2D eigenvalue weighted by molar-refractivity contribution is 6.04. The summed E-state index contributed by atoms with van der Waals surface area (Å²) in [6, 6.07) is 14.5. The number of hydrogen-bond donors (Lipinski definition) is 1. The van der Waals surface area contributed by atoms with Crippen molar-refractivity contribution in [3.05, 3.63) is 100.0 Å². The van der Waals surface area contributed by atoms with Crippen LogP contribution >= 0.6 is 0 Å². The molecular formula is C32H30F3N5O2. The van der Waals surface area contributed by atoms with Gasteiger partial charge >= 0.3 is 6.18 Å². The van der Waals surface area contributed by atoms with E-state index in [2.05, 4.69) is 22.1 Å². The van der Waals surface area contributed by atoms with Gasteiger partial charge in [-0.1, -0.05) is 24.1 Å². The van der Waals surface area contributed by atoms with Crippen molar-refractivity contribution in [2.75, 3.05) is 32.0 Å². The molecule has 7 nitrogen and oxygen atoms in total. The van der Waals surface area contributed by atoms with E-state index in [1.165, 1.54) is 12.1 Å². The van der Waals surface area contributed by atoms with Gasteiger partial charge in [-0.25, -0.2) is 4.98 Å². The van der Waals surface area contributed by atoms with Crippen LogP contribution in [-0.2, 0) is 17.5 Å². The van der Waals surface area contributed by atoms with Gasteiger partial charge in [0.1, 0.15) is 11.3 Å². The van der Waals surface area contributed by atoms with E-state index in [1.807, 2.05) is 47.5 Å². The number of hydrogen-bond acceptors (Lipinski definition) is 4. The van der Waals surface area contributed by atoms with Crippen LogP contribution in [0.5, 0.6) is 0 Å². The Morgan fingerprint density at radius 1 is 1.02 bits per heavy atom. The molecule has 2 amide bonds. The highest BCUT2D eigenvalue weighted by Crippen LogP contribution is 2.35. The molecule has 0 radical (unpaired) electrons. The van der Waals surface area contributed by atoms with Gasteiger partial charge in [-0.15, -0.1) is 0 Å². The first-order chi connectivity index (χ1) is 20.0. The van der Waals surface area contributed by atoms with Crippen LogP contribution in [0.25, 0.3) is 5.65 Å². The lowest BCUT2D eigenvalue weighted by molar-refractivity contribution is -0.138. The molecule has 1 aliphatic rings. The normalized spacial score (nSPS) is 14.4. The van der Waals surface area contributed by atoms with E-state index in [-0.39, 0.29) is 35.7 Å². The summed E-state index contributed by atoms with van der Waals surface area (Å²) in [5.41, 5.74) is 3.36. The third-order valence-electron chi connectivity index (χ3n) is 7.41. The second-order valence-electron chi connectivity index (χ2n) is 10.4. The topological polar surface area (TPSA) is 70.0 Å². The summed E-state index contributed by atoms with van der Waals surface area (Å²) < 4.78 is 44.1. The van der Waals surface area contributed by atoms with Gasteiger partial charge in [0.2, 0.25) is 5.91 Å². The summed E-state index contributed by atoms with van der Waals surface area (Å²) in [6.07, 6.45) is -2.48. The minimum absolute atomic E-state index is 0.0256. The van der Waals surface area contributed by atoms with Gasteiger partial charge in [0.25, 0.3) is 5.91 Å². The summed E-state index contributed by atoms with van der Waals surface area (Å²) in [7, 11) is 1.69. The molecule has 1 aliphatic heterocycles. The molecular weight excluding hydrogens is 543 g/mol. The number of nitrogens with one attached hydrogen (secondary N) is 1. The number of carbonyl (C=O) groups is 2. The summed E-state index contributed by atoms with van der Waals surface area (Å²) in [4.78, 5) is 33.0. The van der Waals surface area contributed by atoms with Crippen molar-refractivity contribution in [2.45, 2.75) is 33.0 Å². The quantitative estimate of drug-likeness (QED) is 0.337. The molecule has 1 N–H and O–H groups in total. The van der Waals surface area contributed by atoms with Crippen LogP contribution < -0.4 is 5.32 Å². The highest BCUT2D eigenvalue weighted by atomic mass is 19.4. The Hall–Kier alpha value is -4.62. The van der Waals surface area contributed by atoms with E-state index in [4.69, 9.17) is 0 Å². The Morgan fingerprint density at radius 2 is 1.83 bits per heavy atom. The summed E-state index contributed by atoms with van der Waals surface area (Å²) in [5.74, 6) is 5.71. The molecule has 10 heteroatoms. The van der Waals surface area contributed by atoms with Crippen molar-refractivity contribution in [3.8, 4) is 11.8 Å². The van der Waals surface area contributed by atoms with Crippen molar-refractivity contribution in [2.24, 2.45) is 0 Å². The Labute approximate surface area is 242 Å². The number of alkyl halides is 3. The number of carbonyl (C=O) groups excluding carboxylic acids is 2. The molecule has 216 valence electrons. The van der Waals surface area contributed by atoms with Crippen molar-refractivity contribution >= 4 is 23.1 Å². The van der Waals surface area contributed by atoms with Crippen LogP contribution in [0, 0.1) is 25.7 Å². The van der Waals surface area contributed by atoms with Crippen LogP contribution in [0.3, 0.4) is 0 Å². The SMILES string of the molecule is Cc1ccc(C(=O)Nc2ccc(CN3CCC(=O)N(C)CC3)c(C(F)(F)F)c2)cc1C#Cc1c(C)nc2ccccn12. The van der Waals surface area contributed by atoms with Crippen LogP contribution in [-0.4, -0.2) is 57.7 Å². The zero-order valence-electron chi connectivity index (χ0n) is 23.5. The Bertz CT molecular complexity index is 1730. The van der Waals surface area contributed by atoms with Gasteiger partial charge in [-0.05, 0) is 67.3 Å². The molecule has 5 rings (SSSR count). The number of likely N-dealkylation sites (N-methyl/N-ethyl adjacent to an activating group) is 1. The number of amides is 2. The summed E-state index contributed by atoms with van der Waals surface area (Å²) >= 11 is 0. The summed E-state index contributed by atoms with van der Waals surface area (Å²) in [5, 5.41) is 2.61. The number of imidazole rings is 1. The average Bonchev–Trinajstić information content (AvgIpc) is 3.19. The molecule has 1 fully saturated rings. The number of benzene rings is 2. The molecule has 4 aromatic rings. The minimum atomic E-state index is -4.61. The molecule has 0 bridgehead atoms. The number of pyridine rings is 1. The zero-order chi connectivity index (χ0) is 30.0. The maximum atomic E-state index is 14.1. The standard InChI is InChI=1S/C32H30F3N5O2/c1-21-7-8-24(18-23(21)10-12-28-22(2)36-29-6-4-5-14-40(28)29)31(42)37-26-11-9-25(27(19-26)32(33,34)35)20-39-15-13-30(41)38(3)16-17-39/h4-9,11,14,18-19H,13,15-17,20H2,1-3H3,(H,37,42). The largest absolute Gasteiger partial charge is 0.416 e. The molecule has 3 heterocycles. The third-order valence-corrected chi connectivity index (χ3v) is 7.41. The maximum Gasteiger partial charge on any atom is 0.416 e. The van der Waals surface area contributed by atoms with Crippen molar-refractivity contribution in [1.82, 2.24) is 19.2 Å². The minimum Gasteiger partial charge on any atom is -0.344 e. The molecule has 2 aromatic carbocycles. The second-order valence-corrected chi connectivity index (χ2v) is 10.4. The van der Waals surface area contributed by atoms with Crippen LogP contribution in [0.4, 0.5) is 18.9 Å². The first-order valence-corrected chi connectivity index (χ1v) is 13.5. The fraction of sp³-hybridized carbons (Fsp3) is 0.281. The van der Waals surface area contributed by atoms with Gasteiger partial charge in [0, 0.05) is 62.7 Å². The van der Waals surface area contributed by atoms with Crippen molar-refractivity contribution in [3.63, 3.8) is 0 Å². The van der Waals surface area contributed by atoms with E-state index in [9.17, 15) is 22.8 Å². The van der Waals surface area contributed by atoms with Crippen LogP contribution in [0.15, 0.2) is 60.8 Å². The molecule has 0 atom stereocenters. The van der Waals surface area contributed by atoms with Crippen molar-refractivity contribution < 1.29 is 22.8 Å². The predicted octanol–water partition coefficient (Wildman–Crippen LogP) is 5.29. The van der Waals surface area contributed by atoms with E-state index in [0.717, 1.165) is 28.7 Å². The Kier molecular flexibility index (Phi) is 8.05. The molecule has 1 saturated heterocycles. The maximum absolute atomic E-state index is 14.1. The van der Waals surface area contributed by atoms with E-state index < -0.39 is 17.6 Å². The lowest BCUT2D eigenvalue weighted by Crippen LogP contribution is -2.30. The lowest BCUT2D eigenvalue weighted by atomic mass is 10.0. The van der Waals surface area contributed by atoms with Gasteiger partial charge in [0.05, 0.1) is 11.3 Å². The van der Waals surface area contributed by atoms with Gasteiger partial charge in [-0.3, -0.25) is 18.9 Å². The number of anilines is 1. The first-order valence-electron chi connectivity index (χ1n) is 13.5. The fourth-order valence-corrected chi connectivity index (χ4v) is 4.92. The first kappa shape index (κ1) is 28.9. The zero-order valence-corrected chi connectivity index (χ0v) is 23.5. The average molecular weight is 574 g/mol. The van der Waals surface area contributed by atoms with Gasteiger partial charge < -0.3 is 10.2 Å². The summed E-state index contributed by atoms with van der Waals surface area (Å²) in [6.45, 7) is 5.12. The number of aryl methyl sites for hydroxylation is 2. The molecule has 0 unspecified atom stereocenters.